The van der Waals surface area contributed by atoms with Crippen molar-refractivity contribution in [2.75, 3.05) is 12.9 Å². The van der Waals surface area contributed by atoms with Gasteiger partial charge in [0.2, 0.25) is 5.89 Å². The lowest BCUT2D eigenvalue weighted by Crippen LogP contribution is -2.14. The Hall–Kier alpha value is -0.590. The lowest BCUT2D eigenvalue weighted by atomic mass is 10.3. The van der Waals surface area contributed by atoms with Crippen LogP contribution in [0.4, 0.5) is 0 Å². The van der Waals surface area contributed by atoms with Gasteiger partial charge in [0.25, 0.3) is 0 Å². The molecule has 68 valence electrons. The van der Waals surface area contributed by atoms with Crippen LogP contribution < -0.4 is 5.73 Å². The molecule has 3 N–H and O–H groups in total. The molecule has 0 spiro atoms. The summed E-state index contributed by atoms with van der Waals surface area (Å²) in [6.45, 7) is -0.180. The van der Waals surface area contributed by atoms with Crippen molar-refractivity contribution in [1.82, 2.24) is 10.1 Å². The molecule has 0 saturated carbocycles. The number of nitrogens with zero attached hydrogens (tertiary/aromatic N) is 2. The summed E-state index contributed by atoms with van der Waals surface area (Å²) < 4.78 is 4.81. The van der Waals surface area contributed by atoms with Gasteiger partial charge >= 0.3 is 0 Å². The van der Waals surface area contributed by atoms with Crippen LogP contribution in [0.1, 0.15) is 17.8 Å². The number of aromatic nitrogens is 2. The van der Waals surface area contributed by atoms with Crippen LogP contribution in [0.25, 0.3) is 0 Å². The molecule has 1 aromatic heterocycles. The molecular weight excluding hydrogens is 178 g/mol. The lowest BCUT2D eigenvalue weighted by molar-refractivity contribution is 0.236. The highest BCUT2D eigenvalue weighted by atomic mass is 32.2. The van der Waals surface area contributed by atoms with Crippen LogP contribution in [0.2, 0.25) is 0 Å². The van der Waals surface area contributed by atoms with Gasteiger partial charge < -0.3 is 15.4 Å². The Labute approximate surface area is 74.3 Å². The maximum absolute atomic E-state index is 8.67. The molecule has 1 unspecified atom stereocenters. The maximum atomic E-state index is 8.67. The minimum absolute atomic E-state index is 0.180. The topological polar surface area (TPSA) is 85.2 Å². The summed E-state index contributed by atoms with van der Waals surface area (Å²) in [6.07, 6.45) is 1.95. The number of thioether (sulfide) groups is 1. The molecule has 5 nitrogen and oxygen atoms in total. The van der Waals surface area contributed by atoms with Gasteiger partial charge in [0.1, 0.15) is 6.04 Å². The van der Waals surface area contributed by atoms with E-state index in [9.17, 15) is 0 Å². The van der Waals surface area contributed by atoms with Gasteiger partial charge in [-0.1, -0.05) is 5.16 Å². The van der Waals surface area contributed by atoms with E-state index in [1.54, 1.807) is 11.8 Å². The molecule has 12 heavy (non-hydrogen) atoms. The summed E-state index contributed by atoms with van der Waals surface area (Å²) in [5.74, 6) is 1.60. The summed E-state index contributed by atoms with van der Waals surface area (Å²) in [4.78, 5) is 3.99. The molecule has 1 atom stereocenters. The van der Waals surface area contributed by atoms with Crippen LogP contribution in [0.5, 0.6) is 0 Å². The van der Waals surface area contributed by atoms with E-state index in [4.69, 9.17) is 15.4 Å². The minimum Gasteiger partial charge on any atom is -0.394 e. The van der Waals surface area contributed by atoms with E-state index in [1.807, 2.05) is 6.26 Å². The zero-order valence-corrected chi connectivity index (χ0v) is 7.54. The van der Waals surface area contributed by atoms with Gasteiger partial charge in [-0.2, -0.15) is 16.7 Å². The fourth-order valence-electron chi connectivity index (χ4n) is 0.684. The molecule has 0 saturated heterocycles. The second-order valence-corrected chi connectivity index (χ2v) is 3.14. The Morgan fingerprint density at radius 1 is 1.75 bits per heavy atom. The van der Waals surface area contributed by atoms with Crippen LogP contribution in [-0.4, -0.2) is 28.1 Å². The maximum Gasteiger partial charge on any atom is 0.245 e. The Morgan fingerprint density at radius 3 is 3.08 bits per heavy atom. The number of hydrogen-bond acceptors (Lipinski definition) is 6. The van der Waals surface area contributed by atoms with Gasteiger partial charge in [0.15, 0.2) is 5.82 Å². The molecule has 0 aromatic carbocycles. The smallest absolute Gasteiger partial charge is 0.245 e. The molecular formula is C6H11N3O2S. The van der Waals surface area contributed by atoms with Crippen molar-refractivity contribution in [3.05, 3.63) is 11.7 Å². The monoisotopic (exact) mass is 189 g/mol. The molecule has 0 aliphatic carbocycles. The van der Waals surface area contributed by atoms with Crippen LogP contribution in [0, 0.1) is 0 Å². The first kappa shape index (κ1) is 9.50. The van der Waals surface area contributed by atoms with Crippen molar-refractivity contribution in [2.45, 2.75) is 11.8 Å². The van der Waals surface area contributed by atoms with Gasteiger partial charge in [-0.25, -0.2) is 0 Å². The Balaban J connectivity index is 2.63. The van der Waals surface area contributed by atoms with Crippen LogP contribution in [0.15, 0.2) is 4.52 Å². The summed E-state index contributed by atoms with van der Waals surface area (Å²) in [6, 6.07) is -0.562. The highest BCUT2D eigenvalue weighted by molar-refractivity contribution is 7.97. The third-order valence-corrected chi connectivity index (χ3v) is 1.82. The van der Waals surface area contributed by atoms with Crippen molar-refractivity contribution in [3.8, 4) is 0 Å². The molecule has 6 heteroatoms. The fraction of sp³-hybridized carbons (Fsp3) is 0.667. The molecule has 0 radical (unpaired) electrons. The second kappa shape index (κ2) is 4.44. The predicted octanol–water partition coefficient (Wildman–Crippen LogP) is -0.0753. The number of rotatable bonds is 4. The highest BCUT2D eigenvalue weighted by Crippen LogP contribution is 2.09. The largest absolute Gasteiger partial charge is 0.394 e. The van der Waals surface area contributed by atoms with Crippen LogP contribution in [-0.2, 0) is 5.75 Å². The van der Waals surface area contributed by atoms with Crippen LogP contribution >= 0.6 is 11.8 Å². The van der Waals surface area contributed by atoms with Gasteiger partial charge in [-0.3, -0.25) is 0 Å². The molecule has 0 amide bonds. The van der Waals surface area contributed by atoms with Gasteiger partial charge in [0, 0.05) is 0 Å². The standard InChI is InChI=1S/C6H11N3O2S/c1-12-3-5-8-6(11-9-5)4(7)2-10/h4,10H,2-3,7H2,1H3. The Kier molecular flexibility index (Phi) is 3.51. The van der Waals surface area contributed by atoms with Crippen LogP contribution in [0.3, 0.4) is 0 Å². The van der Waals surface area contributed by atoms with E-state index >= 15 is 0 Å². The molecule has 1 aromatic rings. The first-order chi connectivity index (χ1) is 5.77. The van der Waals surface area contributed by atoms with E-state index in [2.05, 4.69) is 10.1 Å². The average Bonchev–Trinajstić information content (AvgIpc) is 2.52. The molecule has 0 aliphatic heterocycles. The van der Waals surface area contributed by atoms with E-state index in [0.29, 0.717) is 17.5 Å². The predicted molar refractivity (Wildman–Crippen MR) is 45.5 cm³/mol. The fourth-order valence-corrected chi connectivity index (χ4v) is 1.06. The molecule has 0 bridgehead atoms. The summed E-state index contributed by atoms with van der Waals surface area (Å²) in [7, 11) is 0. The van der Waals surface area contributed by atoms with Crippen molar-refractivity contribution in [1.29, 1.82) is 0 Å². The van der Waals surface area contributed by atoms with Gasteiger partial charge in [0.05, 0.1) is 12.4 Å². The molecule has 1 heterocycles. The summed E-state index contributed by atoms with van der Waals surface area (Å²) in [5, 5.41) is 12.3. The van der Waals surface area contributed by atoms with E-state index in [1.165, 1.54) is 0 Å². The Bertz CT molecular complexity index is 240. The van der Waals surface area contributed by atoms with Gasteiger partial charge in [-0.15, -0.1) is 0 Å². The number of nitrogens with two attached hydrogens (primary N) is 1. The highest BCUT2D eigenvalue weighted by Gasteiger charge is 2.12. The number of aliphatic hydroxyl groups excluding tert-OH is 1. The SMILES string of the molecule is CSCc1noc(C(N)CO)n1. The third kappa shape index (κ3) is 2.20. The lowest BCUT2D eigenvalue weighted by Gasteiger charge is -1.98. The van der Waals surface area contributed by atoms with Crippen molar-refractivity contribution in [3.63, 3.8) is 0 Å². The average molecular weight is 189 g/mol. The summed E-state index contributed by atoms with van der Waals surface area (Å²) >= 11 is 1.60. The van der Waals surface area contributed by atoms with Crippen molar-refractivity contribution in [2.24, 2.45) is 5.73 Å². The quantitative estimate of drug-likeness (QED) is 0.689. The number of aliphatic hydroxyl groups is 1. The first-order valence-electron chi connectivity index (χ1n) is 3.45. The molecule has 1 rings (SSSR count). The van der Waals surface area contributed by atoms with Crippen molar-refractivity contribution >= 4 is 11.8 Å². The van der Waals surface area contributed by atoms with E-state index < -0.39 is 6.04 Å². The van der Waals surface area contributed by atoms with Crippen molar-refractivity contribution < 1.29 is 9.63 Å². The zero-order valence-electron chi connectivity index (χ0n) is 6.73. The molecule has 0 fully saturated rings. The summed E-state index contributed by atoms with van der Waals surface area (Å²) in [5.41, 5.74) is 5.45. The van der Waals surface area contributed by atoms with E-state index in [0.717, 1.165) is 0 Å². The zero-order chi connectivity index (χ0) is 8.97. The molecule has 0 aliphatic rings. The first-order valence-corrected chi connectivity index (χ1v) is 4.85. The van der Waals surface area contributed by atoms with E-state index in [-0.39, 0.29) is 6.61 Å². The Morgan fingerprint density at radius 2 is 2.50 bits per heavy atom. The van der Waals surface area contributed by atoms with Gasteiger partial charge in [-0.05, 0) is 6.26 Å². The second-order valence-electron chi connectivity index (χ2n) is 2.27. The number of hydrogen-bond donors (Lipinski definition) is 2. The third-order valence-electron chi connectivity index (χ3n) is 1.27. The minimum atomic E-state index is -0.562. The normalized spacial score (nSPS) is 13.2.